The minimum absolute atomic E-state index is 0.646. The van der Waals surface area contributed by atoms with Gasteiger partial charge in [0.15, 0.2) is 11.5 Å². The average Bonchev–Trinajstić information content (AvgIpc) is 3.04. The first kappa shape index (κ1) is 12.9. The third-order valence-electron chi connectivity index (χ3n) is 3.17. The zero-order valence-electron chi connectivity index (χ0n) is 11.8. The third-order valence-corrected chi connectivity index (χ3v) is 3.17. The van der Waals surface area contributed by atoms with E-state index in [4.69, 9.17) is 8.83 Å². The van der Waals surface area contributed by atoms with E-state index in [1.807, 2.05) is 18.2 Å². The number of fused-ring (bicyclic) bond motifs is 1. The summed E-state index contributed by atoms with van der Waals surface area (Å²) in [6.07, 6.45) is 2.81. The quantitative estimate of drug-likeness (QED) is 0.714. The maximum absolute atomic E-state index is 5.79. The summed E-state index contributed by atoms with van der Waals surface area (Å²) >= 11 is 0. The summed E-state index contributed by atoms with van der Waals surface area (Å²) in [5, 5.41) is 4.35. The van der Waals surface area contributed by atoms with Crippen molar-refractivity contribution in [2.75, 3.05) is 6.54 Å². The molecular weight excluding hydrogens is 252 g/mol. The molecule has 104 valence electrons. The molecule has 4 nitrogen and oxygen atoms in total. The van der Waals surface area contributed by atoms with Crippen molar-refractivity contribution in [3.8, 4) is 11.5 Å². The third kappa shape index (κ3) is 2.60. The highest BCUT2D eigenvalue weighted by Crippen LogP contribution is 2.28. The first-order valence-electron chi connectivity index (χ1n) is 6.92. The number of aryl methyl sites for hydroxylation is 1. The lowest BCUT2D eigenvalue weighted by Crippen LogP contribution is -2.13. The Balaban J connectivity index is 1.83. The van der Waals surface area contributed by atoms with E-state index in [1.165, 1.54) is 5.56 Å². The normalized spacial score (nSPS) is 11.3. The Morgan fingerprint density at radius 1 is 1.15 bits per heavy atom. The lowest BCUT2D eigenvalue weighted by Gasteiger charge is -1.97. The first-order valence-corrected chi connectivity index (χ1v) is 6.92. The number of hydrogen-bond acceptors (Lipinski definition) is 4. The molecule has 0 fully saturated rings. The summed E-state index contributed by atoms with van der Waals surface area (Å²) in [6, 6.07) is 8.11. The Morgan fingerprint density at radius 3 is 2.90 bits per heavy atom. The van der Waals surface area contributed by atoms with Gasteiger partial charge in [-0.15, -0.1) is 0 Å². The molecule has 3 aromatic rings. The van der Waals surface area contributed by atoms with Crippen molar-refractivity contribution in [3.05, 3.63) is 41.9 Å². The van der Waals surface area contributed by atoms with Crippen LogP contribution in [0.25, 0.3) is 22.5 Å². The summed E-state index contributed by atoms with van der Waals surface area (Å²) < 4.78 is 11.5. The molecule has 0 atom stereocenters. The number of nitrogens with one attached hydrogen (secondary N) is 1. The van der Waals surface area contributed by atoms with Gasteiger partial charge in [-0.05, 0) is 38.1 Å². The van der Waals surface area contributed by atoms with Gasteiger partial charge in [0, 0.05) is 5.39 Å². The van der Waals surface area contributed by atoms with Crippen LogP contribution in [-0.2, 0) is 6.54 Å². The predicted molar refractivity (Wildman–Crippen MR) is 78.4 cm³/mol. The van der Waals surface area contributed by atoms with Crippen LogP contribution in [0.15, 0.2) is 39.3 Å². The molecule has 0 bridgehead atoms. The van der Waals surface area contributed by atoms with Gasteiger partial charge in [0.05, 0.1) is 12.7 Å². The summed E-state index contributed by atoms with van der Waals surface area (Å²) in [4.78, 5) is 4.26. The molecule has 3 rings (SSSR count). The minimum atomic E-state index is 0.646. The highest BCUT2D eigenvalue weighted by Gasteiger charge is 2.11. The summed E-state index contributed by atoms with van der Waals surface area (Å²) in [6.45, 7) is 5.80. The predicted octanol–water partition coefficient (Wildman–Crippen LogP) is 3.90. The van der Waals surface area contributed by atoms with Gasteiger partial charge in [0.25, 0.3) is 0 Å². The molecule has 1 N–H and O–H groups in total. The maximum Gasteiger partial charge on any atom is 0.209 e. The standard InChI is InChI=1S/C16H18N2O2/c1-3-6-17-10-16-18-9-15(20-16)14-8-12-7-11(2)4-5-13(12)19-14/h4-5,7-9,17H,3,6,10H2,1-2H3. The SMILES string of the molecule is CCCNCc1ncc(-c2cc3cc(C)ccc3o2)o1. The molecule has 0 aliphatic carbocycles. The molecular formula is C16H18N2O2. The molecule has 0 aliphatic rings. The molecule has 2 heterocycles. The van der Waals surface area contributed by atoms with E-state index in [0.29, 0.717) is 18.2 Å². The van der Waals surface area contributed by atoms with E-state index in [2.05, 4.69) is 30.2 Å². The van der Waals surface area contributed by atoms with E-state index in [-0.39, 0.29) is 0 Å². The Morgan fingerprint density at radius 2 is 2.05 bits per heavy atom. The second-order valence-electron chi connectivity index (χ2n) is 4.95. The summed E-state index contributed by atoms with van der Waals surface area (Å²) in [5.41, 5.74) is 2.08. The van der Waals surface area contributed by atoms with Crippen LogP contribution >= 0.6 is 0 Å². The number of furan rings is 1. The van der Waals surface area contributed by atoms with Crippen LogP contribution in [0.4, 0.5) is 0 Å². The number of oxazole rings is 1. The zero-order chi connectivity index (χ0) is 13.9. The van der Waals surface area contributed by atoms with Crippen LogP contribution in [0.2, 0.25) is 0 Å². The molecule has 20 heavy (non-hydrogen) atoms. The van der Waals surface area contributed by atoms with Crippen molar-refractivity contribution in [1.29, 1.82) is 0 Å². The lowest BCUT2D eigenvalue weighted by atomic mass is 10.2. The topological polar surface area (TPSA) is 51.2 Å². The van der Waals surface area contributed by atoms with E-state index in [1.54, 1.807) is 6.20 Å². The van der Waals surface area contributed by atoms with Gasteiger partial charge < -0.3 is 14.2 Å². The highest BCUT2D eigenvalue weighted by molar-refractivity contribution is 5.82. The molecule has 0 saturated carbocycles. The van der Waals surface area contributed by atoms with Crippen LogP contribution in [0.3, 0.4) is 0 Å². The smallest absolute Gasteiger partial charge is 0.209 e. The van der Waals surface area contributed by atoms with Gasteiger partial charge in [0.1, 0.15) is 5.58 Å². The van der Waals surface area contributed by atoms with Crippen molar-refractivity contribution in [3.63, 3.8) is 0 Å². The molecule has 0 saturated heterocycles. The van der Waals surface area contributed by atoms with Crippen molar-refractivity contribution in [2.45, 2.75) is 26.8 Å². The van der Waals surface area contributed by atoms with Crippen molar-refractivity contribution in [2.24, 2.45) is 0 Å². The van der Waals surface area contributed by atoms with Crippen LogP contribution in [0.1, 0.15) is 24.8 Å². The fourth-order valence-electron chi connectivity index (χ4n) is 2.16. The second kappa shape index (κ2) is 5.51. The molecule has 0 amide bonds. The largest absolute Gasteiger partial charge is 0.453 e. The number of aromatic nitrogens is 1. The Bertz CT molecular complexity index is 712. The number of rotatable bonds is 5. The summed E-state index contributed by atoms with van der Waals surface area (Å²) in [5.74, 6) is 2.08. The van der Waals surface area contributed by atoms with Crippen LogP contribution in [-0.4, -0.2) is 11.5 Å². The second-order valence-corrected chi connectivity index (χ2v) is 4.95. The number of benzene rings is 1. The highest BCUT2D eigenvalue weighted by atomic mass is 16.4. The molecule has 4 heteroatoms. The molecule has 0 unspecified atom stereocenters. The van der Waals surface area contributed by atoms with Crippen molar-refractivity contribution < 1.29 is 8.83 Å². The van der Waals surface area contributed by atoms with Crippen LogP contribution in [0.5, 0.6) is 0 Å². The van der Waals surface area contributed by atoms with Crippen LogP contribution in [0, 0.1) is 6.92 Å². The van der Waals surface area contributed by atoms with Crippen molar-refractivity contribution >= 4 is 11.0 Å². The van der Waals surface area contributed by atoms with Crippen LogP contribution < -0.4 is 5.32 Å². The van der Waals surface area contributed by atoms with E-state index < -0.39 is 0 Å². The molecule has 0 spiro atoms. The molecule has 2 aromatic heterocycles. The Kier molecular flexibility index (Phi) is 3.56. The molecule has 1 aromatic carbocycles. The van der Waals surface area contributed by atoms with Gasteiger partial charge in [0.2, 0.25) is 5.89 Å². The Labute approximate surface area is 117 Å². The fourth-order valence-corrected chi connectivity index (χ4v) is 2.16. The lowest BCUT2D eigenvalue weighted by molar-refractivity contribution is 0.466. The minimum Gasteiger partial charge on any atom is -0.453 e. The summed E-state index contributed by atoms with van der Waals surface area (Å²) in [7, 11) is 0. The number of nitrogens with zero attached hydrogens (tertiary/aromatic N) is 1. The van der Waals surface area contributed by atoms with Gasteiger partial charge in [-0.2, -0.15) is 0 Å². The van der Waals surface area contributed by atoms with E-state index in [9.17, 15) is 0 Å². The Hall–Kier alpha value is -2.07. The van der Waals surface area contributed by atoms with Gasteiger partial charge in [-0.3, -0.25) is 0 Å². The monoisotopic (exact) mass is 270 g/mol. The van der Waals surface area contributed by atoms with E-state index in [0.717, 1.165) is 29.7 Å². The van der Waals surface area contributed by atoms with Gasteiger partial charge in [-0.25, -0.2) is 4.98 Å². The molecule has 0 radical (unpaired) electrons. The zero-order valence-corrected chi connectivity index (χ0v) is 11.8. The maximum atomic E-state index is 5.79. The average molecular weight is 270 g/mol. The van der Waals surface area contributed by atoms with Gasteiger partial charge >= 0.3 is 0 Å². The van der Waals surface area contributed by atoms with Crippen molar-refractivity contribution in [1.82, 2.24) is 10.3 Å². The first-order chi connectivity index (χ1) is 9.76. The molecule has 0 aliphatic heterocycles. The van der Waals surface area contributed by atoms with E-state index >= 15 is 0 Å². The number of hydrogen-bond donors (Lipinski definition) is 1. The van der Waals surface area contributed by atoms with Gasteiger partial charge in [-0.1, -0.05) is 18.6 Å². The fraction of sp³-hybridized carbons (Fsp3) is 0.312.